The number of hydrogen-bond donors (Lipinski definition) is 2. The Balaban J connectivity index is 1.81. The van der Waals surface area contributed by atoms with E-state index in [1.54, 1.807) is 36.4 Å². The molecule has 6 nitrogen and oxygen atoms in total. The molecule has 0 spiro atoms. The molecule has 2 N–H and O–H groups in total. The van der Waals surface area contributed by atoms with Crippen LogP contribution in [-0.4, -0.2) is 31.5 Å². The van der Waals surface area contributed by atoms with E-state index in [1.165, 1.54) is 0 Å². The number of hydrazine groups is 1. The minimum absolute atomic E-state index is 0.235. The molecule has 0 aromatic heterocycles. The lowest BCUT2D eigenvalue weighted by molar-refractivity contribution is -0.123. The van der Waals surface area contributed by atoms with Crippen LogP contribution in [0.2, 0.25) is 5.02 Å². The van der Waals surface area contributed by atoms with Crippen LogP contribution in [0, 0.1) is 0 Å². The summed E-state index contributed by atoms with van der Waals surface area (Å²) in [5, 5.41) is 0.518. The van der Waals surface area contributed by atoms with Gasteiger partial charge in [0.25, 0.3) is 11.8 Å². The van der Waals surface area contributed by atoms with Crippen molar-refractivity contribution in [3.63, 3.8) is 0 Å². The van der Waals surface area contributed by atoms with Gasteiger partial charge in [-0.2, -0.15) is 0 Å². The predicted octanol–water partition coefficient (Wildman–Crippen LogP) is 3.03. The van der Waals surface area contributed by atoms with Crippen molar-refractivity contribution in [2.45, 2.75) is 13.8 Å². The fourth-order valence-electron chi connectivity index (χ4n) is 2.35. The number of ether oxygens (including phenoxy) is 1. The van der Waals surface area contributed by atoms with E-state index in [9.17, 15) is 9.59 Å². The summed E-state index contributed by atoms with van der Waals surface area (Å²) in [6.07, 6.45) is 0. The van der Waals surface area contributed by atoms with Gasteiger partial charge >= 0.3 is 0 Å². The zero-order valence-corrected chi connectivity index (χ0v) is 15.5. The Morgan fingerprint density at radius 3 is 2.35 bits per heavy atom. The molecule has 7 heteroatoms. The SMILES string of the molecule is CCN(CC)c1ccc(C(=O)NNC(=O)COc2cccc(Cl)c2)cc1. The molecule has 2 amide bonds. The average Bonchev–Trinajstić information content (AvgIpc) is 2.66. The van der Waals surface area contributed by atoms with Gasteiger partial charge < -0.3 is 9.64 Å². The van der Waals surface area contributed by atoms with Gasteiger partial charge in [0.05, 0.1) is 0 Å². The van der Waals surface area contributed by atoms with Gasteiger partial charge in [0.1, 0.15) is 5.75 Å². The van der Waals surface area contributed by atoms with Gasteiger partial charge in [-0.05, 0) is 56.3 Å². The number of amides is 2. The summed E-state index contributed by atoms with van der Waals surface area (Å²) < 4.78 is 5.30. The number of carbonyl (C=O) groups is 2. The summed E-state index contributed by atoms with van der Waals surface area (Å²) in [4.78, 5) is 26.0. The van der Waals surface area contributed by atoms with E-state index in [0.29, 0.717) is 16.3 Å². The molecule has 0 fully saturated rings. The molecule has 0 saturated carbocycles. The lowest BCUT2D eigenvalue weighted by Gasteiger charge is -2.21. The molecule has 2 aromatic carbocycles. The van der Waals surface area contributed by atoms with Crippen molar-refractivity contribution in [2.24, 2.45) is 0 Å². The highest BCUT2D eigenvalue weighted by molar-refractivity contribution is 6.30. The highest BCUT2D eigenvalue weighted by Crippen LogP contribution is 2.17. The van der Waals surface area contributed by atoms with Crippen molar-refractivity contribution in [2.75, 3.05) is 24.6 Å². The minimum atomic E-state index is -0.474. The Morgan fingerprint density at radius 1 is 1.04 bits per heavy atom. The third-order valence-corrected chi connectivity index (χ3v) is 3.97. The maximum atomic E-state index is 12.1. The summed E-state index contributed by atoms with van der Waals surface area (Å²) in [7, 11) is 0. The van der Waals surface area contributed by atoms with Crippen molar-refractivity contribution >= 4 is 29.1 Å². The second-order valence-corrected chi connectivity index (χ2v) is 5.90. The molecule has 0 heterocycles. The molecule has 0 aliphatic heterocycles. The van der Waals surface area contributed by atoms with Crippen LogP contribution in [0.25, 0.3) is 0 Å². The number of nitrogens with zero attached hydrogens (tertiary/aromatic N) is 1. The van der Waals surface area contributed by atoms with E-state index in [-0.39, 0.29) is 6.61 Å². The van der Waals surface area contributed by atoms with Gasteiger partial charge in [0.15, 0.2) is 6.61 Å². The third kappa shape index (κ3) is 5.67. The number of rotatable bonds is 7. The van der Waals surface area contributed by atoms with Crippen LogP contribution in [0.3, 0.4) is 0 Å². The van der Waals surface area contributed by atoms with E-state index >= 15 is 0 Å². The number of nitrogens with one attached hydrogen (secondary N) is 2. The second-order valence-electron chi connectivity index (χ2n) is 5.47. The van der Waals surface area contributed by atoms with E-state index in [0.717, 1.165) is 18.8 Å². The van der Waals surface area contributed by atoms with Gasteiger partial charge in [-0.15, -0.1) is 0 Å². The highest BCUT2D eigenvalue weighted by Gasteiger charge is 2.09. The minimum Gasteiger partial charge on any atom is -0.484 e. The van der Waals surface area contributed by atoms with E-state index in [4.69, 9.17) is 16.3 Å². The topological polar surface area (TPSA) is 70.7 Å². The van der Waals surface area contributed by atoms with Crippen LogP contribution < -0.4 is 20.5 Å². The fourth-order valence-corrected chi connectivity index (χ4v) is 2.53. The van der Waals surface area contributed by atoms with Crippen molar-refractivity contribution in [1.29, 1.82) is 0 Å². The normalized spacial score (nSPS) is 10.1. The zero-order valence-electron chi connectivity index (χ0n) is 14.8. The average molecular weight is 376 g/mol. The summed E-state index contributed by atoms with van der Waals surface area (Å²) in [6.45, 7) is 5.70. The molecular formula is C19H22ClN3O3. The molecule has 2 aromatic rings. The molecule has 0 radical (unpaired) electrons. The van der Waals surface area contributed by atoms with Gasteiger partial charge in [-0.3, -0.25) is 20.4 Å². The molecule has 0 unspecified atom stereocenters. The van der Waals surface area contributed by atoms with E-state index in [1.807, 2.05) is 12.1 Å². The van der Waals surface area contributed by atoms with Crippen LogP contribution in [0.5, 0.6) is 5.75 Å². The molecule has 0 aliphatic carbocycles. The number of anilines is 1. The van der Waals surface area contributed by atoms with Gasteiger partial charge in [-0.1, -0.05) is 17.7 Å². The molecule has 0 saturated heterocycles. The lowest BCUT2D eigenvalue weighted by atomic mass is 10.2. The Hall–Kier alpha value is -2.73. The lowest BCUT2D eigenvalue weighted by Crippen LogP contribution is -2.43. The Morgan fingerprint density at radius 2 is 1.73 bits per heavy atom. The first kappa shape index (κ1) is 19.6. The molecule has 2 rings (SSSR count). The molecule has 0 bridgehead atoms. The van der Waals surface area contributed by atoms with E-state index < -0.39 is 11.8 Å². The first-order valence-electron chi connectivity index (χ1n) is 8.36. The van der Waals surface area contributed by atoms with Gasteiger partial charge in [0.2, 0.25) is 0 Å². The largest absolute Gasteiger partial charge is 0.484 e. The maximum absolute atomic E-state index is 12.1. The maximum Gasteiger partial charge on any atom is 0.276 e. The molecule has 0 atom stereocenters. The monoisotopic (exact) mass is 375 g/mol. The van der Waals surface area contributed by atoms with Crippen molar-refractivity contribution in [1.82, 2.24) is 10.9 Å². The standard InChI is InChI=1S/C19H22ClN3O3/c1-3-23(4-2)16-10-8-14(9-11-16)19(25)22-21-18(24)13-26-17-7-5-6-15(20)12-17/h5-12H,3-4,13H2,1-2H3,(H,21,24)(H,22,25). The van der Waals surface area contributed by atoms with Crippen molar-refractivity contribution in [3.8, 4) is 5.75 Å². The van der Waals surface area contributed by atoms with Gasteiger partial charge in [-0.25, -0.2) is 0 Å². The van der Waals surface area contributed by atoms with Crippen LogP contribution in [0.1, 0.15) is 24.2 Å². The predicted molar refractivity (Wildman–Crippen MR) is 103 cm³/mol. The number of hydrogen-bond acceptors (Lipinski definition) is 4. The summed E-state index contributed by atoms with van der Waals surface area (Å²) in [6, 6.07) is 13.9. The summed E-state index contributed by atoms with van der Waals surface area (Å²) in [5.74, 6) is -0.392. The highest BCUT2D eigenvalue weighted by atomic mass is 35.5. The molecule has 138 valence electrons. The zero-order chi connectivity index (χ0) is 18.9. The first-order chi connectivity index (χ1) is 12.5. The Kier molecular flexibility index (Phi) is 7.29. The third-order valence-electron chi connectivity index (χ3n) is 3.74. The Labute approximate surface area is 158 Å². The molecule has 0 aliphatic rings. The van der Waals surface area contributed by atoms with Crippen LogP contribution in [0.4, 0.5) is 5.69 Å². The number of carbonyl (C=O) groups excluding carboxylic acids is 2. The molecule has 26 heavy (non-hydrogen) atoms. The Bertz CT molecular complexity index is 746. The van der Waals surface area contributed by atoms with Crippen LogP contribution in [-0.2, 0) is 4.79 Å². The fraction of sp³-hybridized carbons (Fsp3) is 0.263. The number of halogens is 1. The van der Waals surface area contributed by atoms with Crippen molar-refractivity contribution in [3.05, 3.63) is 59.1 Å². The molecular weight excluding hydrogens is 354 g/mol. The van der Waals surface area contributed by atoms with Crippen LogP contribution in [0.15, 0.2) is 48.5 Å². The quantitative estimate of drug-likeness (QED) is 0.730. The van der Waals surface area contributed by atoms with E-state index in [2.05, 4.69) is 29.6 Å². The smallest absolute Gasteiger partial charge is 0.276 e. The summed E-state index contributed by atoms with van der Waals surface area (Å²) in [5.41, 5.74) is 6.19. The van der Waals surface area contributed by atoms with Crippen LogP contribution >= 0.6 is 11.6 Å². The van der Waals surface area contributed by atoms with Gasteiger partial charge in [0, 0.05) is 29.4 Å². The number of benzene rings is 2. The second kappa shape index (κ2) is 9.68. The summed E-state index contributed by atoms with van der Waals surface area (Å²) >= 11 is 5.84. The van der Waals surface area contributed by atoms with Crippen molar-refractivity contribution < 1.29 is 14.3 Å². The first-order valence-corrected chi connectivity index (χ1v) is 8.73.